The summed E-state index contributed by atoms with van der Waals surface area (Å²) in [7, 11) is 0. The van der Waals surface area contributed by atoms with Gasteiger partial charge in [0.15, 0.2) is 11.6 Å². The smallest absolute Gasteiger partial charge is 0.159 e. The molecule has 0 unspecified atom stereocenters. The fraction of sp³-hybridized carbons (Fsp3) is 0.571. The van der Waals surface area contributed by atoms with Crippen LogP contribution in [0.3, 0.4) is 0 Å². The van der Waals surface area contributed by atoms with Gasteiger partial charge >= 0.3 is 0 Å². The Morgan fingerprint density at radius 3 is 2.57 bits per heavy atom. The summed E-state index contributed by atoms with van der Waals surface area (Å²) in [6.07, 6.45) is 14.5. The summed E-state index contributed by atoms with van der Waals surface area (Å²) in [5.74, 6) is 2.89. The van der Waals surface area contributed by atoms with Gasteiger partial charge in [-0.15, -0.1) is 0 Å². The van der Waals surface area contributed by atoms with Gasteiger partial charge in [-0.3, -0.25) is 9.59 Å². The van der Waals surface area contributed by atoms with Crippen LogP contribution in [0.25, 0.3) is 6.08 Å². The van der Waals surface area contributed by atoms with Gasteiger partial charge < -0.3 is 0 Å². The summed E-state index contributed by atoms with van der Waals surface area (Å²) in [4.78, 5) is 25.2. The Bertz CT molecular complexity index is 910. The van der Waals surface area contributed by atoms with Crippen molar-refractivity contribution in [3.63, 3.8) is 0 Å². The Balaban J connectivity index is 1.37. The van der Waals surface area contributed by atoms with Crippen molar-refractivity contribution in [2.75, 3.05) is 0 Å². The van der Waals surface area contributed by atoms with Gasteiger partial charge in [-0.05, 0) is 91.2 Å². The molecule has 1 aromatic carbocycles. The first-order valence-electron chi connectivity index (χ1n) is 11.9. The van der Waals surface area contributed by atoms with Gasteiger partial charge in [0.05, 0.1) is 0 Å². The molecular weight excluding hydrogens is 368 g/mol. The van der Waals surface area contributed by atoms with E-state index in [0.29, 0.717) is 23.4 Å². The number of ketones is 2. The zero-order valence-electron chi connectivity index (χ0n) is 18.4. The lowest BCUT2D eigenvalue weighted by Gasteiger charge is -2.58. The van der Waals surface area contributed by atoms with Gasteiger partial charge in [0, 0.05) is 12.3 Å². The van der Waals surface area contributed by atoms with Gasteiger partial charge in [0.2, 0.25) is 0 Å². The molecule has 2 nitrogen and oxygen atoms in total. The SMILES string of the molecule is C[C@]12CC[C@H]3[C@@H](CCC4=CC(=O)CC[C@@]43C)[C@@H]1CC[C@@H]2C(=O)/C=C\c1ccccc1. The minimum atomic E-state index is 0.140. The Morgan fingerprint density at radius 2 is 1.77 bits per heavy atom. The van der Waals surface area contributed by atoms with Gasteiger partial charge in [0.1, 0.15) is 0 Å². The highest BCUT2D eigenvalue weighted by molar-refractivity contribution is 5.96. The summed E-state index contributed by atoms with van der Waals surface area (Å²) in [5.41, 5.74) is 2.88. The van der Waals surface area contributed by atoms with Crippen molar-refractivity contribution in [3.8, 4) is 0 Å². The number of benzene rings is 1. The second kappa shape index (κ2) is 7.32. The Morgan fingerprint density at radius 1 is 0.967 bits per heavy atom. The molecule has 3 fully saturated rings. The average molecular weight is 403 g/mol. The number of hydrogen-bond acceptors (Lipinski definition) is 2. The molecule has 0 spiro atoms. The van der Waals surface area contributed by atoms with Crippen LogP contribution in [-0.2, 0) is 9.59 Å². The maximum absolute atomic E-state index is 13.2. The highest BCUT2D eigenvalue weighted by atomic mass is 16.1. The fourth-order valence-electron chi connectivity index (χ4n) is 7.89. The number of carbonyl (C=O) groups is 2. The van der Waals surface area contributed by atoms with E-state index in [1.165, 1.54) is 24.8 Å². The molecule has 0 aliphatic heterocycles. The third kappa shape index (κ3) is 3.06. The van der Waals surface area contributed by atoms with Crippen LogP contribution >= 0.6 is 0 Å². The number of hydrogen-bond donors (Lipinski definition) is 0. The van der Waals surface area contributed by atoms with Gasteiger partial charge in [-0.25, -0.2) is 0 Å². The van der Waals surface area contributed by atoms with E-state index < -0.39 is 0 Å². The lowest BCUT2D eigenvalue weighted by molar-refractivity contribution is -0.126. The highest BCUT2D eigenvalue weighted by Crippen LogP contribution is 2.66. The van der Waals surface area contributed by atoms with Crippen LogP contribution in [0.1, 0.15) is 70.8 Å². The maximum Gasteiger partial charge on any atom is 0.159 e. The molecule has 0 saturated heterocycles. The minimum Gasteiger partial charge on any atom is -0.295 e. The predicted octanol–water partition coefficient (Wildman–Crippen LogP) is 6.42. The number of fused-ring (bicyclic) bond motifs is 5. The van der Waals surface area contributed by atoms with Crippen LogP contribution in [0.2, 0.25) is 0 Å². The van der Waals surface area contributed by atoms with E-state index in [9.17, 15) is 9.59 Å². The quantitative estimate of drug-likeness (QED) is 0.547. The van der Waals surface area contributed by atoms with E-state index in [2.05, 4.69) is 26.0 Å². The molecule has 0 aromatic heterocycles. The molecule has 4 aliphatic rings. The summed E-state index contributed by atoms with van der Waals surface area (Å²) in [6.45, 7) is 4.85. The first-order valence-corrected chi connectivity index (χ1v) is 11.9. The topological polar surface area (TPSA) is 34.1 Å². The third-order valence-corrected chi connectivity index (χ3v) is 9.55. The molecule has 3 saturated carbocycles. The molecule has 30 heavy (non-hydrogen) atoms. The van der Waals surface area contributed by atoms with E-state index >= 15 is 0 Å². The standard InChI is InChI=1S/C28H34O2/c1-27-16-14-21(29)18-20(27)9-10-22-23-11-12-25(28(23,2)17-15-24(22)27)26(30)13-8-19-6-4-3-5-7-19/h3-8,13,18,22-25H,9-12,14-17H2,1-2H3/b13-8-/t22-,23-,24-,25+,27-,28-/m0/s1. The second-order valence-electron chi connectivity index (χ2n) is 10.8. The van der Waals surface area contributed by atoms with Crippen LogP contribution in [0, 0.1) is 34.5 Å². The zero-order chi connectivity index (χ0) is 20.9. The Labute approximate surface area is 180 Å². The molecule has 0 heterocycles. The molecule has 5 rings (SSSR count). The van der Waals surface area contributed by atoms with E-state index in [1.54, 1.807) is 0 Å². The first-order chi connectivity index (χ1) is 14.4. The van der Waals surface area contributed by atoms with E-state index in [1.807, 2.05) is 36.4 Å². The predicted molar refractivity (Wildman–Crippen MR) is 121 cm³/mol. The van der Waals surface area contributed by atoms with Crippen molar-refractivity contribution >= 4 is 17.6 Å². The minimum absolute atomic E-state index is 0.140. The lowest BCUT2D eigenvalue weighted by atomic mass is 9.46. The van der Waals surface area contributed by atoms with Crippen molar-refractivity contribution in [2.24, 2.45) is 34.5 Å². The maximum atomic E-state index is 13.2. The Kier molecular flexibility index (Phi) is 4.87. The molecule has 6 atom stereocenters. The van der Waals surface area contributed by atoms with Crippen LogP contribution in [-0.4, -0.2) is 11.6 Å². The van der Waals surface area contributed by atoms with Gasteiger partial charge in [-0.1, -0.05) is 55.8 Å². The summed E-state index contributed by atoms with van der Waals surface area (Å²) in [5, 5.41) is 0. The lowest BCUT2D eigenvalue weighted by Crippen LogP contribution is -2.51. The number of carbonyl (C=O) groups excluding carboxylic acids is 2. The van der Waals surface area contributed by atoms with Crippen LogP contribution in [0.4, 0.5) is 0 Å². The molecule has 0 bridgehead atoms. The van der Waals surface area contributed by atoms with Gasteiger partial charge in [-0.2, -0.15) is 0 Å². The fourth-order valence-corrected chi connectivity index (χ4v) is 7.89. The van der Waals surface area contributed by atoms with Crippen molar-refractivity contribution in [1.82, 2.24) is 0 Å². The molecule has 0 radical (unpaired) electrons. The largest absolute Gasteiger partial charge is 0.295 e. The van der Waals surface area contributed by atoms with Crippen LogP contribution in [0.15, 0.2) is 48.1 Å². The number of allylic oxidation sites excluding steroid dienone is 2. The summed E-state index contributed by atoms with van der Waals surface area (Å²) in [6, 6.07) is 10.1. The van der Waals surface area contributed by atoms with Crippen molar-refractivity contribution < 1.29 is 9.59 Å². The van der Waals surface area contributed by atoms with E-state index in [-0.39, 0.29) is 16.7 Å². The molecule has 0 amide bonds. The normalized spacial score (nSPS) is 40.5. The average Bonchev–Trinajstić information content (AvgIpc) is 3.10. The summed E-state index contributed by atoms with van der Waals surface area (Å²) >= 11 is 0. The van der Waals surface area contributed by atoms with Crippen molar-refractivity contribution in [3.05, 3.63) is 53.6 Å². The van der Waals surface area contributed by atoms with Crippen molar-refractivity contribution in [2.45, 2.75) is 65.2 Å². The van der Waals surface area contributed by atoms with E-state index in [0.717, 1.165) is 43.6 Å². The number of rotatable bonds is 3. The molecule has 0 N–H and O–H groups in total. The molecule has 2 heteroatoms. The van der Waals surface area contributed by atoms with E-state index in [4.69, 9.17) is 0 Å². The molecule has 1 aromatic rings. The van der Waals surface area contributed by atoms with Gasteiger partial charge in [0.25, 0.3) is 0 Å². The second-order valence-corrected chi connectivity index (χ2v) is 10.8. The van der Waals surface area contributed by atoms with Crippen LogP contribution in [0.5, 0.6) is 0 Å². The Hall–Kier alpha value is -1.96. The highest BCUT2D eigenvalue weighted by Gasteiger charge is 2.59. The molecular formula is C28H34O2. The van der Waals surface area contributed by atoms with Crippen molar-refractivity contribution in [1.29, 1.82) is 0 Å². The molecule has 158 valence electrons. The summed E-state index contributed by atoms with van der Waals surface area (Å²) < 4.78 is 0. The van der Waals surface area contributed by atoms with Crippen LogP contribution < -0.4 is 0 Å². The first kappa shape index (κ1) is 20.0. The third-order valence-electron chi connectivity index (χ3n) is 9.55. The zero-order valence-corrected chi connectivity index (χ0v) is 18.4. The molecule has 4 aliphatic carbocycles. The monoisotopic (exact) mass is 402 g/mol.